The Bertz CT molecular complexity index is 740. The van der Waals surface area contributed by atoms with Gasteiger partial charge in [0.05, 0.1) is 17.1 Å². The topological polar surface area (TPSA) is 98.2 Å². The standard InChI is InChI=1S/C12H14BrN3O3S/c1-7-3-10(13)11(14)5-12(7)20(17,18)15-6-9-4-8(2)16-19-9/h3-5,15H,6,14H2,1-2H3. The van der Waals surface area contributed by atoms with Gasteiger partial charge in [0.15, 0.2) is 5.76 Å². The van der Waals surface area contributed by atoms with Crippen LogP contribution >= 0.6 is 15.9 Å². The molecule has 2 aromatic rings. The fraction of sp³-hybridized carbons (Fsp3) is 0.250. The minimum absolute atomic E-state index is 0.0403. The second kappa shape index (κ2) is 5.55. The predicted molar refractivity (Wildman–Crippen MR) is 78.6 cm³/mol. The van der Waals surface area contributed by atoms with Crippen LogP contribution in [-0.2, 0) is 16.6 Å². The Morgan fingerprint density at radius 2 is 2.05 bits per heavy atom. The molecule has 1 heterocycles. The van der Waals surface area contributed by atoms with Gasteiger partial charge in [-0.05, 0) is 47.5 Å². The van der Waals surface area contributed by atoms with Crippen LogP contribution < -0.4 is 10.5 Å². The summed E-state index contributed by atoms with van der Waals surface area (Å²) in [6.45, 7) is 3.51. The monoisotopic (exact) mass is 359 g/mol. The number of nitrogens with one attached hydrogen (secondary N) is 1. The fourth-order valence-electron chi connectivity index (χ4n) is 1.70. The third-order valence-corrected chi connectivity index (χ3v) is 4.93. The van der Waals surface area contributed by atoms with Gasteiger partial charge in [-0.1, -0.05) is 5.16 Å². The van der Waals surface area contributed by atoms with Crippen molar-refractivity contribution in [1.82, 2.24) is 9.88 Å². The molecule has 0 aliphatic rings. The summed E-state index contributed by atoms with van der Waals surface area (Å²) in [6.07, 6.45) is 0. The number of sulfonamides is 1. The maximum atomic E-state index is 12.3. The van der Waals surface area contributed by atoms with Crippen LogP contribution in [0.3, 0.4) is 0 Å². The smallest absolute Gasteiger partial charge is 0.241 e. The van der Waals surface area contributed by atoms with E-state index in [4.69, 9.17) is 10.3 Å². The molecule has 8 heteroatoms. The first-order valence-electron chi connectivity index (χ1n) is 5.77. The van der Waals surface area contributed by atoms with Gasteiger partial charge in [-0.2, -0.15) is 0 Å². The summed E-state index contributed by atoms with van der Waals surface area (Å²) >= 11 is 3.26. The molecule has 108 valence electrons. The van der Waals surface area contributed by atoms with Gasteiger partial charge in [-0.25, -0.2) is 13.1 Å². The molecule has 0 spiro atoms. The van der Waals surface area contributed by atoms with E-state index < -0.39 is 10.0 Å². The SMILES string of the molecule is Cc1cc(CNS(=O)(=O)c2cc(N)c(Br)cc2C)on1. The zero-order valence-electron chi connectivity index (χ0n) is 11.0. The molecule has 1 aromatic heterocycles. The van der Waals surface area contributed by atoms with E-state index >= 15 is 0 Å². The summed E-state index contributed by atoms with van der Waals surface area (Å²) in [6, 6.07) is 4.77. The molecule has 0 saturated heterocycles. The molecule has 2 rings (SSSR count). The van der Waals surface area contributed by atoms with Gasteiger partial charge in [0.1, 0.15) is 0 Å². The minimum Gasteiger partial charge on any atom is -0.398 e. The number of halogens is 1. The highest BCUT2D eigenvalue weighted by Crippen LogP contribution is 2.26. The molecule has 0 fully saturated rings. The van der Waals surface area contributed by atoms with Gasteiger partial charge < -0.3 is 10.3 Å². The number of aryl methyl sites for hydroxylation is 2. The lowest BCUT2D eigenvalue weighted by atomic mass is 10.2. The van der Waals surface area contributed by atoms with Gasteiger partial charge in [0, 0.05) is 16.2 Å². The second-order valence-electron chi connectivity index (χ2n) is 4.40. The zero-order valence-corrected chi connectivity index (χ0v) is 13.4. The van der Waals surface area contributed by atoms with E-state index in [1.54, 1.807) is 26.0 Å². The number of rotatable bonds is 4. The first kappa shape index (κ1) is 15.0. The molecule has 6 nitrogen and oxygen atoms in total. The average molecular weight is 360 g/mol. The van der Waals surface area contributed by atoms with E-state index in [-0.39, 0.29) is 11.4 Å². The third kappa shape index (κ3) is 3.20. The molecule has 0 bridgehead atoms. The summed E-state index contributed by atoms with van der Waals surface area (Å²) in [5.74, 6) is 0.453. The lowest BCUT2D eigenvalue weighted by Gasteiger charge is -2.10. The molecule has 0 aliphatic carbocycles. The average Bonchev–Trinajstić information content (AvgIpc) is 2.77. The van der Waals surface area contributed by atoms with E-state index in [1.165, 1.54) is 6.07 Å². The predicted octanol–water partition coefficient (Wildman–Crippen LogP) is 2.11. The molecule has 20 heavy (non-hydrogen) atoms. The molecule has 3 N–H and O–H groups in total. The first-order valence-corrected chi connectivity index (χ1v) is 8.04. The normalized spacial score (nSPS) is 11.8. The Balaban J connectivity index is 2.24. The highest BCUT2D eigenvalue weighted by atomic mass is 79.9. The van der Waals surface area contributed by atoms with Crippen molar-refractivity contribution in [3.05, 3.63) is 39.7 Å². The molecule has 0 saturated carbocycles. The van der Waals surface area contributed by atoms with Gasteiger partial charge in [0.25, 0.3) is 0 Å². The third-order valence-electron chi connectivity index (χ3n) is 2.70. The van der Waals surface area contributed by atoms with Crippen LogP contribution in [0.15, 0.2) is 32.1 Å². The molecule has 0 atom stereocenters. The molecular weight excluding hydrogens is 346 g/mol. The van der Waals surface area contributed by atoms with Crippen molar-refractivity contribution >= 4 is 31.6 Å². The van der Waals surface area contributed by atoms with E-state index in [0.29, 0.717) is 27.2 Å². The van der Waals surface area contributed by atoms with Crippen molar-refractivity contribution in [2.75, 3.05) is 5.73 Å². The number of hydrogen-bond acceptors (Lipinski definition) is 5. The molecule has 0 aliphatic heterocycles. The summed E-state index contributed by atoms with van der Waals surface area (Å²) in [5, 5.41) is 3.70. The van der Waals surface area contributed by atoms with E-state index in [9.17, 15) is 8.42 Å². The Morgan fingerprint density at radius 3 is 2.65 bits per heavy atom. The van der Waals surface area contributed by atoms with Crippen molar-refractivity contribution in [2.24, 2.45) is 0 Å². The van der Waals surface area contributed by atoms with Crippen LogP contribution in [0.4, 0.5) is 5.69 Å². The van der Waals surface area contributed by atoms with Crippen LogP contribution in [0.1, 0.15) is 17.0 Å². The summed E-state index contributed by atoms with van der Waals surface area (Å²) in [7, 11) is -3.66. The van der Waals surface area contributed by atoms with Crippen LogP contribution in [0, 0.1) is 13.8 Å². The van der Waals surface area contributed by atoms with Crippen LogP contribution in [-0.4, -0.2) is 13.6 Å². The van der Waals surface area contributed by atoms with Gasteiger partial charge >= 0.3 is 0 Å². The van der Waals surface area contributed by atoms with Crippen molar-refractivity contribution in [2.45, 2.75) is 25.3 Å². The maximum Gasteiger partial charge on any atom is 0.241 e. The maximum absolute atomic E-state index is 12.3. The number of nitrogen functional groups attached to an aromatic ring is 1. The van der Waals surface area contributed by atoms with Gasteiger partial charge in [-0.3, -0.25) is 0 Å². The largest absolute Gasteiger partial charge is 0.398 e. The van der Waals surface area contributed by atoms with Crippen molar-refractivity contribution in [1.29, 1.82) is 0 Å². The van der Waals surface area contributed by atoms with E-state index in [1.807, 2.05) is 0 Å². The van der Waals surface area contributed by atoms with Crippen molar-refractivity contribution in [3.8, 4) is 0 Å². The Kier molecular flexibility index (Phi) is 4.17. The van der Waals surface area contributed by atoms with E-state index in [0.717, 1.165) is 0 Å². The number of anilines is 1. The number of aromatic nitrogens is 1. The Morgan fingerprint density at radius 1 is 1.35 bits per heavy atom. The molecule has 0 radical (unpaired) electrons. The summed E-state index contributed by atoms with van der Waals surface area (Å²) < 4.78 is 32.6. The van der Waals surface area contributed by atoms with Crippen LogP contribution in [0.5, 0.6) is 0 Å². The van der Waals surface area contributed by atoms with Crippen molar-refractivity contribution in [3.63, 3.8) is 0 Å². The molecule has 0 amide bonds. The Labute approximate surface area is 125 Å². The lowest BCUT2D eigenvalue weighted by molar-refractivity contribution is 0.377. The van der Waals surface area contributed by atoms with Gasteiger partial charge in [0.2, 0.25) is 10.0 Å². The van der Waals surface area contributed by atoms with Gasteiger partial charge in [-0.15, -0.1) is 0 Å². The molecule has 0 unspecified atom stereocenters. The molecular formula is C12H14BrN3O3S. The summed E-state index contributed by atoms with van der Waals surface area (Å²) in [4.78, 5) is 0.148. The number of hydrogen-bond donors (Lipinski definition) is 2. The molecule has 1 aromatic carbocycles. The Hall–Kier alpha value is -1.38. The summed E-state index contributed by atoms with van der Waals surface area (Å²) in [5.41, 5.74) is 7.40. The van der Waals surface area contributed by atoms with Crippen LogP contribution in [0.2, 0.25) is 0 Å². The number of benzene rings is 1. The van der Waals surface area contributed by atoms with Crippen LogP contribution in [0.25, 0.3) is 0 Å². The second-order valence-corrected chi connectivity index (χ2v) is 6.99. The first-order chi connectivity index (χ1) is 9.29. The fourth-order valence-corrected chi connectivity index (χ4v) is 3.41. The van der Waals surface area contributed by atoms with Crippen molar-refractivity contribution < 1.29 is 12.9 Å². The quantitative estimate of drug-likeness (QED) is 0.814. The highest BCUT2D eigenvalue weighted by Gasteiger charge is 2.18. The highest BCUT2D eigenvalue weighted by molar-refractivity contribution is 9.10. The van der Waals surface area contributed by atoms with E-state index in [2.05, 4.69) is 25.8 Å². The zero-order chi connectivity index (χ0) is 14.9. The lowest BCUT2D eigenvalue weighted by Crippen LogP contribution is -2.24. The number of nitrogens with two attached hydrogens (primary N) is 1. The minimum atomic E-state index is -3.66. The number of nitrogens with zero attached hydrogens (tertiary/aromatic N) is 1.